The molecule has 0 aromatic carbocycles. The van der Waals surface area contributed by atoms with Crippen LogP contribution in [0, 0.1) is 18.3 Å². The smallest absolute Gasteiger partial charge is 0.223 e. The van der Waals surface area contributed by atoms with E-state index in [1.54, 1.807) is 12.3 Å². The van der Waals surface area contributed by atoms with E-state index in [0.29, 0.717) is 5.95 Å². The van der Waals surface area contributed by atoms with E-state index in [2.05, 4.69) is 15.3 Å². The van der Waals surface area contributed by atoms with Gasteiger partial charge in [0.2, 0.25) is 5.95 Å². The van der Waals surface area contributed by atoms with E-state index in [0.717, 1.165) is 5.69 Å². The van der Waals surface area contributed by atoms with E-state index in [9.17, 15) is 0 Å². The van der Waals surface area contributed by atoms with Gasteiger partial charge >= 0.3 is 0 Å². The zero-order chi connectivity index (χ0) is 8.10. The highest BCUT2D eigenvalue weighted by atomic mass is 15.1. The highest BCUT2D eigenvalue weighted by Crippen LogP contribution is 1.96. The predicted molar refractivity (Wildman–Crippen MR) is 40.9 cm³/mol. The monoisotopic (exact) mass is 148 g/mol. The van der Waals surface area contributed by atoms with Crippen molar-refractivity contribution in [1.29, 1.82) is 5.26 Å². The van der Waals surface area contributed by atoms with E-state index < -0.39 is 0 Å². The van der Waals surface area contributed by atoms with Crippen molar-refractivity contribution in [1.82, 2.24) is 9.97 Å². The summed E-state index contributed by atoms with van der Waals surface area (Å²) >= 11 is 0. The number of nitrogens with one attached hydrogen (secondary N) is 1. The fraction of sp³-hybridized carbons (Fsp3) is 0.286. The summed E-state index contributed by atoms with van der Waals surface area (Å²) < 4.78 is 0. The van der Waals surface area contributed by atoms with E-state index in [-0.39, 0.29) is 6.54 Å². The molecule has 0 spiro atoms. The molecule has 4 nitrogen and oxygen atoms in total. The average Bonchev–Trinajstić information content (AvgIpc) is 2.01. The van der Waals surface area contributed by atoms with Crippen LogP contribution < -0.4 is 5.32 Å². The first-order chi connectivity index (χ1) is 5.33. The Labute approximate surface area is 64.9 Å². The summed E-state index contributed by atoms with van der Waals surface area (Å²) in [5.41, 5.74) is 0.889. The van der Waals surface area contributed by atoms with Crippen LogP contribution in [0.4, 0.5) is 5.95 Å². The first-order valence-corrected chi connectivity index (χ1v) is 3.23. The van der Waals surface area contributed by atoms with Crippen LogP contribution in [-0.4, -0.2) is 16.5 Å². The van der Waals surface area contributed by atoms with Crippen molar-refractivity contribution >= 4 is 5.95 Å². The molecule has 0 aliphatic carbocycles. The fourth-order valence-electron chi connectivity index (χ4n) is 0.653. The van der Waals surface area contributed by atoms with Gasteiger partial charge in [0, 0.05) is 11.9 Å². The lowest BCUT2D eigenvalue weighted by Crippen LogP contribution is -2.03. The van der Waals surface area contributed by atoms with E-state index in [1.165, 1.54) is 0 Å². The van der Waals surface area contributed by atoms with Gasteiger partial charge in [0.05, 0.1) is 6.07 Å². The molecule has 0 atom stereocenters. The van der Waals surface area contributed by atoms with Crippen LogP contribution in [0.25, 0.3) is 0 Å². The maximum Gasteiger partial charge on any atom is 0.223 e. The quantitative estimate of drug-likeness (QED) is 0.628. The number of hydrogen-bond acceptors (Lipinski definition) is 4. The molecule has 0 fully saturated rings. The van der Waals surface area contributed by atoms with Crippen LogP contribution in [0.3, 0.4) is 0 Å². The van der Waals surface area contributed by atoms with Crippen molar-refractivity contribution in [3.8, 4) is 6.07 Å². The van der Waals surface area contributed by atoms with Crippen molar-refractivity contribution in [3.05, 3.63) is 18.0 Å². The summed E-state index contributed by atoms with van der Waals surface area (Å²) in [6, 6.07) is 3.75. The molecule has 0 aliphatic heterocycles. The van der Waals surface area contributed by atoms with Crippen molar-refractivity contribution in [2.45, 2.75) is 6.92 Å². The summed E-state index contributed by atoms with van der Waals surface area (Å²) in [6.07, 6.45) is 1.65. The molecule has 0 bridgehead atoms. The third kappa shape index (κ3) is 2.22. The summed E-state index contributed by atoms with van der Waals surface area (Å²) in [7, 11) is 0. The van der Waals surface area contributed by atoms with Crippen molar-refractivity contribution in [3.63, 3.8) is 0 Å². The molecule has 1 N–H and O–H groups in total. The highest BCUT2D eigenvalue weighted by molar-refractivity contribution is 5.25. The molecule has 56 valence electrons. The van der Waals surface area contributed by atoms with Gasteiger partial charge in [-0.1, -0.05) is 0 Å². The highest BCUT2D eigenvalue weighted by Gasteiger charge is 1.91. The van der Waals surface area contributed by atoms with Crippen LogP contribution in [0.5, 0.6) is 0 Å². The van der Waals surface area contributed by atoms with E-state index >= 15 is 0 Å². The number of aryl methyl sites for hydroxylation is 1. The van der Waals surface area contributed by atoms with Crippen LogP contribution in [-0.2, 0) is 0 Å². The van der Waals surface area contributed by atoms with E-state index in [4.69, 9.17) is 5.26 Å². The SMILES string of the molecule is Cc1ccnc(NCC#N)n1. The summed E-state index contributed by atoms with van der Waals surface area (Å²) in [6.45, 7) is 2.11. The lowest BCUT2D eigenvalue weighted by atomic mass is 10.5. The number of hydrogen-bond donors (Lipinski definition) is 1. The maximum absolute atomic E-state index is 8.23. The lowest BCUT2D eigenvalue weighted by molar-refractivity contribution is 1.08. The van der Waals surface area contributed by atoms with E-state index in [1.807, 2.05) is 13.0 Å². The minimum atomic E-state index is 0.240. The topological polar surface area (TPSA) is 61.6 Å². The summed E-state index contributed by atoms with van der Waals surface area (Å²) in [5.74, 6) is 0.506. The fourth-order valence-corrected chi connectivity index (χ4v) is 0.653. The summed E-state index contributed by atoms with van der Waals surface area (Å²) in [5, 5.41) is 11.0. The van der Waals surface area contributed by atoms with Gasteiger partial charge in [-0.05, 0) is 13.0 Å². The predicted octanol–water partition coefficient (Wildman–Crippen LogP) is 0.720. The Hall–Kier alpha value is -1.63. The van der Waals surface area contributed by atoms with Crippen LogP contribution in [0.1, 0.15) is 5.69 Å². The first kappa shape index (κ1) is 7.48. The normalized spacial score (nSPS) is 8.73. The molecule has 4 heteroatoms. The Kier molecular flexibility index (Phi) is 2.39. The van der Waals surface area contributed by atoms with Gasteiger partial charge in [-0.25, -0.2) is 9.97 Å². The van der Waals surface area contributed by atoms with Gasteiger partial charge < -0.3 is 5.32 Å². The minimum absolute atomic E-state index is 0.240. The average molecular weight is 148 g/mol. The van der Waals surface area contributed by atoms with Gasteiger partial charge in [-0.15, -0.1) is 0 Å². The first-order valence-electron chi connectivity index (χ1n) is 3.23. The van der Waals surface area contributed by atoms with Gasteiger partial charge in [0.15, 0.2) is 0 Å². The number of nitriles is 1. The third-order valence-corrected chi connectivity index (χ3v) is 1.12. The number of aromatic nitrogens is 2. The largest absolute Gasteiger partial charge is 0.341 e. The number of anilines is 1. The van der Waals surface area contributed by atoms with Gasteiger partial charge in [0.1, 0.15) is 6.54 Å². The second-order valence-electron chi connectivity index (χ2n) is 2.03. The molecule has 1 heterocycles. The molecule has 0 aliphatic rings. The van der Waals surface area contributed by atoms with Crippen molar-refractivity contribution in [2.24, 2.45) is 0 Å². The third-order valence-electron chi connectivity index (χ3n) is 1.12. The second kappa shape index (κ2) is 3.52. The molecule has 0 saturated carbocycles. The Balaban J connectivity index is 2.65. The molecule has 0 unspecified atom stereocenters. The molecule has 0 amide bonds. The van der Waals surface area contributed by atoms with Gasteiger partial charge in [-0.3, -0.25) is 0 Å². The zero-order valence-corrected chi connectivity index (χ0v) is 6.20. The minimum Gasteiger partial charge on any atom is -0.341 e. The zero-order valence-electron chi connectivity index (χ0n) is 6.20. The molecule has 0 saturated heterocycles. The standard InChI is InChI=1S/C7H8N4/c1-6-2-4-9-7(11-6)10-5-3-8/h2,4H,5H2,1H3,(H,9,10,11). The molecule has 0 radical (unpaired) electrons. The molecule has 1 rings (SSSR count). The Morgan fingerprint density at radius 1 is 1.73 bits per heavy atom. The van der Waals surface area contributed by atoms with Crippen LogP contribution in [0.2, 0.25) is 0 Å². The van der Waals surface area contributed by atoms with Crippen molar-refractivity contribution in [2.75, 3.05) is 11.9 Å². The maximum atomic E-state index is 8.23. The summed E-state index contributed by atoms with van der Waals surface area (Å²) in [4.78, 5) is 7.94. The molecular formula is C7H8N4. The second-order valence-corrected chi connectivity index (χ2v) is 2.03. The Bertz CT molecular complexity index is 276. The molecule has 1 aromatic rings. The van der Waals surface area contributed by atoms with Gasteiger partial charge in [-0.2, -0.15) is 5.26 Å². The van der Waals surface area contributed by atoms with Crippen molar-refractivity contribution < 1.29 is 0 Å². The molecule has 11 heavy (non-hydrogen) atoms. The number of rotatable bonds is 2. The van der Waals surface area contributed by atoms with Crippen LogP contribution >= 0.6 is 0 Å². The number of nitrogens with zero attached hydrogens (tertiary/aromatic N) is 3. The molecule has 1 aromatic heterocycles. The Morgan fingerprint density at radius 3 is 3.18 bits per heavy atom. The Morgan fingerprint density at radius 2 is 2.55 bits per heavy atom. The van der Waals surface area contributed by atoms with Gasteiger partial charge in [0.25, 0.3) is 0 Å². The van der Waals surface area contributed by atoms with Crippen LogP contribution in [0.15, 0.2) is 12.3 Å². The molecular weight excluding hydrogens is 140 g/mol. The lowest BCUT2D eigenvalue weighted by Gasteiger charge is -1.98.